The number of benzene rings is 1. The van der Waals surface area contributed by atoms with Crippen LogP contribution < -0.4 is 5.76 Å². The number of fused-ring (bicyclic) bond motifs is 1. The summed E-state index contributed by atoms with van der Waals surface area (Å²) in [5.74, 6) is -0.329. The summed E-state index contributed by atoms with van der Waals surface area (Å²) in [6.45, 7) is 3.93. The van der Waals surface area contributed by atoms with Gasteiger partial charge in [0.1, 0.15) is 0 Å². The highest BCUT2D eigenvalue weighted by Crippen LogP contribution is 2.14. The van der Waals surface area contributed by atoms with Crippen LogP contribution in [0.3, 0.4) is 0 Å². The third-order valence-corrected chi connectivity index (χ3v) is 4.19. The average molecular weight is 317 g/mol. The van der Waals surface area contributed by atoms with Crippen molar-refractivity contribution in [3.63, 3.8) is 0 Å². The first kappa shape index (κ1) is 15.3. The normalized spacial score (nSPS) is 15.2. The molecule has 1 aliphatic heterocycles. The lowest BCUT2D eigenvalue weighted by atomic mass is 10.1. The fraction of sp³-hybridized carbons (Fsp3) is 0.438. The number of nitrogens with zero attached hydrogens (tertiary/aromatic N) is 2. The number of hydrogen-bond donors (Lipinski definition) is 1. The first-order valence-corrected chi connectivity index (χ1v) is 7.68. The van der Waals surface area contributed by atoms with Gasteiger partial charge in [-0.25, -0.2) is 4.79 Å². The van der Waals surface area contributed by atoms with Crippen LogP contribution in [-0.2, 0) is 16.0 Å². The number of aromatic amines is 1. The summed E-state index contributed by atoms with van der Waals surface area (Å²) >= 11 is 0. The molecule has 1 aliphatic rings. The second kappa shape index (κ2) is 6.28. The van der Waals surface area contributed by atoms with Gasteiger partial charge in [0.25, 0.3) is 0 Å². The Morgan fingerprint density at radius 3 is 2.57 bits per heavy atom. The fourth-order valence-corrected chi connectivity index (χ4v) is 2.83. The Labute approximate surface area is 132 Å². The molecule has 7 nitrogen and oxygen atoms in total. The largest absolute Gasteiger partial charge is 0.417 e. The lowest BCUT2D eigenvalue weighted by molar-refractivity contribution is -0.138. The van der Waals surface area contributed by atoms with Crippen LogP contribution in [0.1, 0.15) is 18.9 Å². The lowest BCUT2D eigenvalue weighted by Crippen LogP contribution is -2.50. The Balaban J connectivity index is 1.56. The van der Waals surface area contributed by atoms with Gasteiger partial charge in [0, 0.05) is 39.5 Å². The third kappa shape index (κ3) is 3.44. The molecule has 2 aromatic rings. The predicted molar refractivity (Wildman–Crippen MR) is 84.0 cm³/mol. The van der Waals surface area contributed by atoms with Crippen molar-refractivity contribution in [3.05, 3.63) is 34.3 Å². The molecule has 1 aromatic heterocycles. The topological polar surface area (TPSA) is 86.6 Å². The molecule has 0 unspecified atom stereocenters. The highest BCUT2D eigenvalue weighted by atomic mass is 16.4. The van der Waals surface area contributed by atoms with Gasteiger partial charge in [-0.2, -0.15) is 0 Å². The van der Waals surface area contributed by atoms with Crippen molar-refractivity contribution in [3.8, 4) is 0 Å². The van der Waals surface area contributed by atoms with Gasteiger partial charge in [-0.05, 0) is 24.1 Å². The van der Waals surface area contributed by atoms with E-state index in [1.54, 1.807) is 22.8 Å². The molecule has 1 aromatic carbocycles. The van der Waals surface area contributed by atoms with Crippen molar-refractivity contribution >= 4 is 22.9 Å². The SMILES string of the molecule is CC(=O)N1CCN(C(=O)CCc2ccc3oc(=O)[nH]c3c2)CC1. The summed E-state index contributed by atoms with van der Waals surface area (Å²) in [7, 11) is 0. The van der Waals surface area contributed by atoms with Crippen LogP contribution in [0.4, 0.5) is 0 Å². The van der Waals surface area contributed by atoms with Gasteiger partial charge < -0.3 is 14.2 Å². The van der Waals surface area contributed by atoms with Gasteiger partial charge in [-0.15, -0.1) is 0 Å². The number of rotatable bonds is 3. The highest BCUT2D eigenvalue weighted by molar-refractivity contribution is 5.78. The number of carbonyl (C=O) groups is 2. The molecule has 0 bridgehead atoms. The number of aryl methyl sites for hydroxylation is 1. The molecule has 0 saturated carbocycles. The molecule has 2 heterocycles. The summed E-state index contributed by atoms with van der Waals surface area (Å²) < 4.78 is 4.95. The molecule has 7 heteroatoms. The van der Waals surface area contributed by atoms with Crippen LogP contribution in [0.15, 0.2) is 27.4 Å². The highest BCUT2D eigenvalue weighted by Gasteiger charge is 2.21. The Morgan fingerprint density at radius 1 is 1.17 bits per heavy atom. The molecule has 0 spiro atoms. The standard InChI is InChI=1S/C16H19N3O4/c1-11(20)18-6-8-19(9-7-18)15(21)5-3-12-2-4-14-13(10-12)17-16(22)23-14/h2,4,10H,3,5-9H2,1H3,(H,17,22). The minimum atomic E-state index is -0.475. The number of amides is 2. The van der Waals surface area contributed by atoms with Crippen LogP contribution in [0.2, 0.25) is 0 Å². The maximum atomic E-state index is 12.3. The number of aromatic nitrogens is 1. The van der Waals surface area contributed by atoms with E-state index in [-0.39, 0.29) is 11.8 Å². The molecular formula is C16H19N3O4. The van der Waals surface area contributed by atoms with Crippen LogP contribution in [0.5, 0.6) is 0 Å². The zero-order chi connectivity index (χ0) is 16.4. The zero-order valence-electron chi connectivity index (χ0n) is 13.0. The summed E-state index contributed by atoms with van der Waals surface area (Å²) in [6.07, 6.45) is 1.02. The van der Waals surface area contributed by atoms with Crippen molar-refractivity contribution in [1.82, 2.24) is 14.8 Å². The molecule has 1 N–H and O–H groups in total. The van der Waals surface area contributed by atoms with Gasteiger partial charge >= 0.3 is 5.76 Å². The van der Waals surface area contributed by atoms with Crippen molar-refractivity contribution in [1.29, 1.82) is 0 Å². The molecule has 3 rings (SSSR count). The molecule has 122 valence electrons. The predicted octanol–water partition coefficient (Wildman–Crippen LogP) is 0.744. The van der Waals surface area contributed by atoms with E-state index in [1.165, 1.54) is 0 Å². The van der Waals surface area contributed by atoms with Crippen LogP contribution in [0, 0.1) is 0 Å². The number of piperazine rings is 1. The number of nitrogens with one attached hydrogen (secondary N) is 1. The Kier molecular flexibility index (Phi) is 4.18. The number of H-pyrrole nitrogens is 1. The fourth-order valence-electron chi connectivity index (χ4n) is 2.83. The summed E-state index contributed by atoms with van der Waals surface area (Å²) in [4.78, 5) is 40.9. The first-order valence-electron chi connectivity index (χ1n) is 7.68. The van der Waals surface area contributed by atoms with Gasteiger partial charge in [0.05, 0.1) is 5.52 Å². The Hall–Kier alpha value is -2.57. The van der Waals surface area contributed by atoms with Gasteiger partial charge in [0.15, 0.2) is 5.58 Å². The van der Waals surface area contributed by atoms with Gasteiger partial charge in [0.2, 0.25) is 11.8 Å². The van der Waals surface area contributed by atoms with Crippen molar-refractivity contribution < 1.29 is 14.0 Å². The van der Waals surface area contributed by atoms with E-state index in [0.717, 1.165) is 5.56 Å². The van der Waals surface area contributed by atoms with E-state index in [0.29, 0.717) is 50.1 Å². The number of oxazole rings is 1. The monoisotopic (exact) mass is 317 g/mol. The van der Waals surface area contributed by atoms with E-state index in [4.69, 9.17) is 4.42 Å². The second-order valence-electron chi connectivity index (χ2n) is 5.73. The lowest BCUT2D eigenvalue weighted by Gasteiger charge is -2.34. The van der Waals surface area contributed by atoms with E-state index < -0.39 is 5.76 Å². The number of carbonyl (C=O) groups excluding carboxylic acids is 2. The van der Waals surface area contributed by atoms with Gasteiger partial charge in [-0.1, -0.05) is 6.07 Å². The van der Waals surface area contributed by atoms with Crippen LogP contribution in [0.25, 0.3) is 11.1 Å². The molecule has 0 radical (unpaired) electrons. The molecule has 23 heavy (non-hydrogen) atoms. The molecule has 1 saturated heterocycles. The third-order valence-electron chi connectivity index (χ3n) is 4.19. The molecular weight excluding hydrogens is 298 g/mol. The minimum Gasteiger partial charge on any atom is -0.408 e. The van der Waals surface area contributed by atoms with E-state index >= 15 is 0 Å². The average Bonchev–Trinajstić information content (AvgIpc) is 2.92. The van der Waals surface area contributed by atoms with Gasteiger partial charge in [-0.3, -0.25) is 14.6 Å². The van der Waals surface area contributed by atoms with Crippen molar-refractivity contribution in [2.45, 2.75) is 19.8 Å². The van der Waals surface area contributed by atoms with E-state index in [1.807, 2.05) is 12.1 Å². The molecule has 2 amide bonds. The van der Waals surface area contributed by atoms with Crippen molar-refractivity contribution in [2.75, 3.05) is 26.2 Å². The summed E-state index contributed by atoms with van der Waals surface area (Å²) in [5, 5.41) is 0. The zero-order valence-corrected chi connectivity index (χ0v) is 13.0. The van der Waals surface area contributed by atoms with Crippen LogP contribution >= 0.6 is 0 Å². The Bertz CT molecular complexity index is 784. The number of hydrogen-bond acceptors (Lipinski definition) is 4. The van der Waals surface area contributed by atoms with Crippen molar-refractivity contribution in [2.24, 2.45) is 0 Å². The van der Waals surface area contributed by atoms with E-state index in [9.17, 15) is 14.4 Å². The van der Waals surface area contributed by atoms with E-state index in [2.05, 4.69) is 4.98 Å². The maximum Gasteiger partial charge on any atom is 0.417 e. The molecule has 0 atom stereocenters. The summed E-state index contributed by atoms with van der Waals surface area (Å²) in [6, 6.07) is 5.43. The van der Waals surface area contributed by atoms with Crippen LogP contribution in [-0.4, -0.2) is 52.8 Å². The molecule has 1 fully saturated rings. The maximum absolute atomic E-state index is 12.3. The Morgan fingerprint density at radius 2 is 1.87 bits per heavy atom. The smallest absolute Gasteiger partial charge is 0.408 e. The molecule has 0 aliphatic carbocycles. The minimum absolute atomic E-state index is 0.0551. The first-order chi connectivity index (χ1) is 11.0. The summed E-state index contributed by atoms with van der Waals surface area (Å²) in [5.41, 5.74) is 2.14. The quantitative estimate of drug-likeness (QED) is 0.905. The second-order valence-corrected chi connectivity index (χ2v) is 5.73.